The molecule has 2 aliphatic rings. The number of aromatic nitrogens is 2. The molecule has 1 aliphatic carbocycles. The van der Waals surface area contributed by atoms with E-state index in [0.717, 1.165) is 31.1 Å². The number of ether oxygens (including phenoxy) is 1. The topological polar surface area (TPSA) is 96.4 Å². The summed E-state index contributed by atoms with van der Waals surface area (Å²) in [6, 6.07) is 13.0. The van der Waals surface area contributed by atoms with Gasteiger partial charge in [-0.25, -0.2) is 14.4 Å². The summed E-state index contributed by atoms with van der Waals surface area (Å²) in [5, 5.41) is 14.0. The molecule has 0 saturated heterocycles. The third kappa shape index (κ3) is 5.77. The smallest absolute Gasteiger partial charge is 0.300 e. The second-order valence-electron chi connectivity index (χ2n) is 8.14. The van der Waals surface area contributed by atoms with Crippen molar-refractivity contribution in [3.63, 3.8) is 0 Å². The van der Waals surface area contributed by atoms with Gasteiger partial charge in [0.2, 0.25) is 5.88 Å². The molecule has 7 nitrogen and oxygen atoms in total. The molecule has 3 aromatic rings. The number of hydrogen-bond donors (Lipinski definition) is 3. The average Bonchev–Trinajstić information content (AvgIpc) is 3.24. The van der Waals surface area contributed by atoms with Gasteiger partial charge in [-0.15, -0.1) is 0 Å². The molecular formula is C25H27FN4O3. The van der Waals surface area contributed by atoms with Crippen LogP contribution >= 0.6 is 0 Å². The number of carboxylic acid groups (broad SMARTS) is 1. The van der Waals surface area contributed by atoms with Crippen LogP contribution in [0.4, 0.5) is 15.8 Å². The number of aliphatic carboxylic acids is 1. The van der Waals surface area contributed by atoms with Crippen molar-refractivity contribution in [3.05, 3.63) is 66.2 Å². The lowest BCUT2D eigenvalue weighted by Crippen LogP contribution is -2.20. The molecule has 0 bridgehead atoms. The Morgan fingerprint density at radius 2 is 1.70 bits per heavy atom. The van der Waals surface area contributed by atoms with Gasteiger partial charge in [-0.1, -0.05) is 30.7 Å². The zero-order valence-electron chi connectivity index (χ0n) is 18.4. The Hall–Kier alpha value is -3.68. The zero-order valence-corrected chi connectivity index (χ0v) is 18.4. The number of benzene rings is 2. The summed E-state index contributed by atoms with van der Waals surface area (Å²) in [5.74, 6) is -0.584. The van der Waals surface area contributed by atoms with Crippen LogP contribution in [-0.2, 0) is 4.79 Å². The highest BCUT2D eigenvalue weighted by molar-refractivity contribution is 5.75. The monoisotopic (exact) mass is 450 g/mol. The van der Waals surface area contributed by atoms with Crippen LogP contribution in [0.15, 0.2) is 54.9 Å². The van der Waals surface area contributed by atoms with Gasteiger partial charge in [0.15, 0.2) is 0 Å². The van der Waals surface area contributed by atoms with E-state index in [9.17, 15) is 4.39 Å². The molecule has 1 aromatic heterocycles. The van der Waals surface area contributed by atoms with Gasteiger partial charge in [-0.3, -0.25) is 4.79 Å². The Labute approximate surface area is 192 Å². The van der Waals surface area contributed by atoms with Crippen LogP contribution in [-0.4, -0.2) is 27.1 Å². The number of anilines is 2. The number of nitrogens with one attached hydrogen (secondary N) is 2. The summed E-state index contributed by atoms with van der Waals surface area (Å²) >= 11 is 0. The Bertz CT molecular complexity index is 1070. The summed E-state index contributed by atoms with van der Waals surface area (Å²) in [7, 11) is 0. The van der Waals surface area contributed by atoms with Gasteiger partial charge < -0.3 is 20.5 Å². The molecule has 8 heteroatoms. The molecule has 0 radical (unpaired) electrons. The number of fused-ring (bicyclic) bond motifs is 1. The Kier molecular flexibility index (Phi) is 7.02. The van der Waals surface area contributed by atoms with Crippen molar-refractivity contribution >= 4 is 17.3 Å². The highest BCUT2D eigenvalue weighted by Gasteiger charge is 2.23. The molecule has 0 atom stereocenters. The molecule has 2 aromatic carbocycles. The molecule has 172 valence electrons. The van der Waals surface area contributed by atoms with Crippen LogP contribution in [0.5, 0.6) is 5.88 Å². The van der Waals surface area contributed by atoms with E-state index in [1.54, 1.807) is 18.5 Å². The minimum Gasteiger partial charge on any atom is -0.481 e. The maximum atomic E-state index is 14.8. The second-order valence-corrected chi connectivity index (χ2v) is 8.14. The summed E-state index contributed by atoms with van der Waals surface area (Å²) < 4.78 is 20.8. The number of rotatable bonds is 4. The summed E-state index contributed by atoms with van der Waals surface area (Å²) in [6.07, 6.45) is 9.06. The van der Waals surface area contributed by atoms with E-state index in [1.807, 2.05) is 30.3 Å². The van der Waals surface area contributed by atoms with Crippen molar-refractivity contribution in [1.82, 2.24) is 9.97 Å². The van der Waals surface area contributed by atoms with Crippen LogP contribution in [0, 0.1) is 5.82 Å². The van der Waals surface area contributed by atoms with Gasteiger partial charge in [0.25, 0.3) is 5.97 Å². The predicted molar refractivity (Wildman–Crippen MR) is 125 cm³/mol. The van der Waals surface area contributed by atoms with Crippen LogP contribution in [0.3, 0.4) is 0 Å². The molecular weight excluding hydrogens is 423 g/mol. The first-order valence-corrected chi connectivity index (χ1v) is 11.1. The van der Waals surface area contributed by atoms with E-state index in [2.05, 4.69) is 20.6 Å². The fourth-order valence-electron chi connectivity index (χ4n) is 4.04. The van der Waals surface area contributed by atoms with Gasteiger partial charge in [0, 0.05) is 18.1 Å². The molecule has 2 heterocycles. The predicted octanol–water partition coefficient (Wildman–Crippen LogP) is 5.62. The van der Waals surface area contributed by atoms with Gasteiger partial charge in [-0.05, 0) is 43.9 Å². The lowest BCUT2D eigenvalue weighted by atomic mass is 9.98. The Balaban J connectivity index is 0.000000601. The quantitative estimate of drug-likeness (QED) is 0.475. The SMILES string of the molecule is CC(=O)O.Fc1cc(-c2cnc(OC3CCCCC3)cn2)ccc1C1Nc2ccccc2N1. The summed E-state index contributed by atoms with van der Waals surface area (Å²) in [6.45, 7) is 1.08. The van der Waals surface area contributed by atoms with E-state index in [-0.39, 0.29) is 18.1 Å². The third-order valence-corrected chi connectivity index (χ3v) is 5.60. The van der Waals surface area contributed by atoms with Crippen molar-refractivity contribution < 1.29 is 19.0 Å². The van der Waals surface area contributed by atoms with Crippen molar-refractivity contribution in [2.24, 2.45) is 0 Å². The van der Waals surface area contributed by atoms with Crippen molar-refractivity contribution in [2.75, 3.05) is 10.6 Å². The maximum Gasteiger partial charge on any atom is 0.300 e. The van der Waals surface area contributed by atoms with Crippen molar-refractivity contribution in [3.8, 4) is 17.1 Å². The molecule has 3 N–H and O–H groups in total. The first-order valence-electron chi connectivity index (χ1n) is 11.1. The molecule has 33 heavy (non-hydrogen) atoms. The number of carbonyl (C=O) groups is 1. The molecule has 5 rings (SSSR count). The fraction of sp³-hybridized carbons (Fsp3) is 0.320. The van der Waals surface area contributed by atoms with E-state index in [0.29, 0.717) is 22.7 Å². The first kappa shape index (κ1) is 22.5. The highest BCUT2D eigenvalue weighted by Crippen LogP contribution is 2.36. The molecule has 1 saturated carbocycles. The normalized spacial score (nSPS) is 15.5. The van der Waals surface area contributed by atoms with Crippen molar-refractivity contribution in [1.29, 1.82) is 0 Å². The van der Waals surface area contributed by atoms with Crippen molar-refractivity contribution in [2.45, 2.75) is 51.3 Å². The van der Waals surface area contributed by atoms with Gasteiger partial charge in [0.05, 0.1) is 29.5 Å². The summed E-state index contributed by atoms with van der Waals surface area (Å²) in [4.78, 5) is 17.8. The molecule has 0 spiro atoms. The van der Waals surface area contributed by atoms with E-state index >= 15 is 0 Å². The number of carboxylic acids is 1. The largest absolute Gasteiger partial charge is 0.481 e. The lowest BCUT2D eigenvalue weighted by molar-refractivity contribution is -0.134. The third-order valence-electron chi connectivity index (χ3n) is 5.60. The number of para-hydroxylation sites is 2. The lowest BCUT2D eigenvalue weighted by Gasteiger charge is -2.22. The highest BCUT2D eigenvalue weighted by atomic mass is 19.1. The van der Waals surface area contributed by atoms with Gasteiger partial charge in [0.1, 0.15) is 18.1 Å². The second kappa shape index (κ2) is 10.3. The first-order chi connectivity index (χ1) is 16.0. The van der Waals surface area contributed by atoms with E-state index in [1.165, 1.54) is 25.3 Å². The van der Waals surface area contributed by atoms with Gasteiger partial charge >= 0.3 is 0 Å². The van der Waals surface area contributed by atoms with Gasteiger partial charge in [-0.2, -0.15) is 0 Å². The number of hydrogen-bond acceptors (Lipinski definition) is 6. The average molecular weight is 451 g/mol. The molecule has 0 unspecified atom stereocenters. The summed E-state index contributed by atoms with van der Waals surface area (Å²) in [5.41, 5.74) is 3.83. The van der Waals surface area contributed by atoms with E-state index in [4.69, 9.17) is 14.6 Å². The zero-order chi connectivity index (χ0) is 23.2. The van der Waals surface area contributed by atoms with Crippen LogP contribution in [0.25, 0.3) is 11.3 Å². The number of nitrogens with zero attached hydrogens (tertiary/aromatic N) is 2. The van der Waals surface area contributed by atoms with Crippen LogP contribution in [0.2, 0.25) is 0 Å². The fourth-order valence-corrected chi connectivity index (χ4v) is 4.04. The maximum absolute atomic E-state index is 14.8. The Morgan fingerprint density at radius 3 is 2.27 bits per heavy atom. The minimum absolute atomic E-state index is 0.233. The van der Waals surface area contributed by atoms with Crippen LogP contribution < -0.4 is 15.4 Å². The molecule has 1 aliphatic heterocycles. The molecule has 0 amide bonds. The van der Waals surface area contributed by atoms with Crippen LogP contribution in [0.1, 0.15) is 50.8 Å². The standard InChI is InChI=1S/C23H23FN4O.C2H4O2/c24-18-12-15(10-11-17(18)23-27-19-8-4-5-9-20(19)28-23)21-13-26-22(14-25-21)29-16-6-2-1-3-7-16;1-2(3)4/h4-5,8-14,16,23,27-28H,1-3,6-7H2;1H3,(H,3,4). The molecule has 1 fully saturated rings. The van der Waals surface area contributed by atoms with E-state index < -0.39 is 5.97 Å². The number of halogens is 1. The Morgan fingerprint density at radius 1 is 1.03 bits per heavy atom. The minimum atomic E-state index is -0.833.